The zero-order valence-corrected chi connectivity index (χ0v) is 23.6. The number of piperazine rings is 1. The first-order valence-electron chi connectivity index (χ1n) is 14.1. The van der Waals surface area contributed by atoms with E-state index in [0.717, 1.165) is 30.8 Å². The van der Waals surface area contributed by atoms with Gasteiger partial charge in [0.05, 0.1) is 12.2 Å². The molecule has 2 heterocycles. The number of rotatable bonds is 12. The average molecular weight is 589 g/mol. The van der Waals surface area contributed by atoms with Crippen molar-refractivity contribution >= 4 is 29.8 Å². The van der Waals surface area contributed by atoms with Gasteiger partial charge in [0.1, 0.15) is 30.5 Å². The Balaban J connectivity index is 1.15. The molecular weight excluding hydrogens is 555 g/mol. The van der Waals surface area contributed by atoms with Crippen molar-refractivity contribution in [1.29, 1.82) is 0 Å². The molecule has 3 N–H and O–H groups in total. The number of halogens is 1. The van der Waals surface area contributed by atoms with Crippen molar-refractivity contribution in [1.82, 2.24) is 9.80 Å². The largest absolute Gasteiger partial charge is 0.489 e. The molecule has 1 atom stereocenters. The lowest BCUT2D eigenvalue weighted by molar-refractivity contribution is -0.137. The number of benzene rings is 3. The van der Waals surface area contributed by atoms with E-state index in [2.05, 4.69) is 4.90 Å². The second-order valence-electron chi connectivity index (χ2n) is 10.8. The number of amides is 2. The molecule has 5 rings (SSSR count). The van der Waals surface area contributed by atoms with Crippen LogP contribution in [-0.4, -0.2) is 71.2 Å². The van der Waals surface area contributed by atoms with Crippen molar-refractivity contribution in [3.05, 3.63) is 94.3 Å². The van der Waals surface area contributed by atoms with Gasteiger partial charge in [-0.05, 0) is 47.9 Å². The topological polar surface area (TPSA) is 133 Å². The number of nitrogens with zero attached hydrogens (tertiary/aromatic N) is 3. The number of fused-ring (bicyclic) bond motifs is 1. The number of ether oxygens (including phenoxy) is 1. The number of carbonyl (C=O) groups is 4. The first-order valence-corrected chi connectivity index (χ1v) is 14.1. The minimum absolute atomic E-state index is 0.0581. The Hall–Kier alpha value is -4.77. The molecule has 43 heavy (non-hydrogen) atoms. The summed E-state index contributed by atoms with van der Waals surface area (Å²) >= 11 is 0. The van der Waals surface area contributed by atoms with Crippen molar-refractivity contribution in [2.75, 3.05) is 31.1 Å². The Morgan fingerprint density at radius 2 is 1.74 bits per heavy atom. The van der Waals surface area contributed by atoms with Gasteiger partial charge in [-0.3, -0.25) is 24.1 Å². The van der Waals surface area contributed by atoms with Crippen molar-refractivity contribution < 1.29 is 33.4 Å². The van der Waals surface area contributed by atoms with E-state index < -0.39 is 17.9 Å². The number of hydrogen-bond acceptors (Lipinski definition) is 7. The van der Waals surface area contributed by atoms with Crippen LogP contribution in [0.25, 0.3) is 0 Å². The number of hydrogen-bond donors (Lipinski definition) is 2. The van der Waals surface area contributed by atoms with Crippen LogP contribution in [-0.2, 0) is 29.3 Å². The third kappa shape index (κ3) is 6.83. The lowest BCUT2D eigenvalue weighted by atomic mass is 10.1. The molecule has 2 amide bonds. The minimum atomic E-state index is -1.07. The van der Waals surface area contributed by atoms with Gasteiger partial charge in [-0.15, -0.1) is 0 Å². The highest BCUT2D eigenvalue weighted by molar-refractivity contribution is 6.01. The summed E-state index contributed by atoms with van der Waals surface area (Å²) in [4.78, 5) is 52.6. The predicted octanol–water partition coefficient (Wildman–Crippen LogP) is 3.21. The van der Waals surface area contributed by atoms with E-state index in [9.17, 15) is 23.6 Å². The Kier molecular flexibility index (Phi) is 9.01. The maximum absolute atomic E-state index is 14.4. The van der Waals surface area contributed by atoms with E-state index in [-0.39, 0.29) is 37.7 Å². The molecule has 10 nitrogen and oxygen atoms in total. The summed E-state index contributed by atoms with van der Waals surface area (Å²) in [6.45, 7) is 4.07. The summed E-state index contributed by atoms with van der Waals surface area (Å²) in [6, 6.07) is 16.8. The highest BCUT2D eigenvalue weighted by Crippen LogP contribution is 2.33. The monoisotopic (exact) mass is 588 g/mol. The number of primary amides is 1. The molecule has 2 aliphatic heterocycles. The van der Waals surface area contributed by atoms with Gasteiger partial charge in [-0.1, -0.05) is 30.3 Å². The molecule has 1 fully saturated rings. The first-order chi connectivity index (χ1) is 20.7. The van der Waals surface area contributed by atoms with Crippen LogP contribution in [0.15, 0.2) is 60.7 Å². The van der Waals surface area contributed by atoms with Gasteiger partial charge >= 0.3 is 5.97 Å². The molecule has 0 unspecified atom stereocenters. The van der Waals surface area contributed by atoms with Crippen LogP contribution >= 0.6 is 0 Å². The number of carboxylic acids is 1. The molecule has 0 saturated carbocycles. The van der Waals surface area contributed by atoms with Crippen LogP contribution in [0, 0.1) is 5.82 Å². The third-order valence-electron chi connectivity index (χ3n) is 7.93. The van der Waals surface area contributed by atoms with E-state index in [4.69, 9.17) is 15.6 Å². The van der Waals surface area contributed by atoms with Crippen molar-refractivity contribution in [3.63, 3.8) is 0 Å². The van der Waals surface area contributed by atoms with E-state index in [1.165, 1.54) is 11.0 Å². The van der Waals surface area contributed by atoms with Crippen LogP contribution in [0.1, 0.15) is 50.2 Å². The summed E-state index contributed by atoms with van der Waals surface area (Å²) in [6.07, 6.45) is 0.306. The quantitative estimate of drug-likeness (QED) is 0.308. The Labute approximate surface area is 248 Å². The van der Waals surface area contributed by atoms with Gasteiger partial charge < -0.3 is 25.4 Å². The van der Waals surface area contributed by atoms with Crippen molar-refractivity contribution in [2.24, 2.45) is 5.73 Å². The summed E-state index contributed by atoms with van der Waals surface area (Å²) < 4.78 is 20.5. The summed E-state index contributed by atoms with van der Waals surface area (Å²) in [5.41, 5.74) is 9.48. The van der Waals surface area contributed by atoms with E-state index >= 15 is 0 Å². The second kappa shape index (κ2) is 13.0. The first kappa shape index (κ1) is 29.7. The van der Waals surface area contributed by atoms with Crippen LogP contribution in [0.3, 0.4) is 0 Å². The molecule has 3 aromatic rings. The number of aldehydes is 1. The van der Waals surface area contributed by atoms with Gasteiger partial charge in [-0.25, -0.2) is 4.39 Å². The normalized spacial score (nSPS) is 15.7. The smallest absolute Gasteiger partial charge is 0.303 e. The summed E-state index contributed by atoms with van der Waals surface area (Å²) in [5, 5.41) is 9.02. The van der Waals surface area contributed by atoms with Crippen LogP contribution in [0.5, 0.6) is 5.75 Å². The lowest BCUT2D eigenvalue weighted by Crippen LogP contribution is -2.46. The fourth-order valence-electron chi connectivity index (χ4n) is 5.58. The highest BCUT2D eigenvalue weighted by atomic mass is 19.1. The fourth-order valence-corrected chi connectivity index (χ4v) is 5.58. The van der Waals surface area contributed by atoms with E-state index in [0.29, 0.717) is 47.5 Å². The highest BCUT2D eigenvalue weighted by Gasteiger charge is 2.37. The number of carbonyl (C=O) groups excluding carboxylic acids is 3. The second-order valence-corrected chi connectivity index (χ2v) is 10.8. The molecular formula is C32H33FN4O6. The molecule has 0 aromatic heterocycles. The number of anilines is 1. The zero-order chi connectivity index (χ0) is 30.5. The Morgan fingerprint density at radius 3 is 2.40 bits per heavy atom. The molecule has 0 aliphatic carbocycles. The molecule has 0 bridgehead atoms. The van der Waals surface area contributed by atoms with Gasteiger partial charge in [-0.2, -0.15) is 0 Å². The molecule has 3 aromatic carbocycles. The maximum Gasteiger partial charge on any atom is 0.303 e. The van der Waals surface area contributed by atoms with Gasteiger partial charge in [0.2, 0.25) is 5.91 Å². The van der Waals surface area contributed by atoms with Crippen molar-refractivity contribution in [3.8, 4) is 5.75 Å². The van der Waals surface area contributed by atoms with Gasteiger partial charge in [0, 0.05) is 55.8 Å². The third-order valence-corrected chi connectivity index (χ3v) is 7.93. The Bertz CT molecular complexity index is 1520. The molecule has 224 valence electrons. The van der Waals surface area contributed by atoms with Crippen LogP contribution in [0.4, 0.5) is 10.1 Å². The van der Waals surface area contributed by atoms with Crippen LogP contribution < -0.4 is 15.4 Å². The average Bonchev–Trinajstić information content (AvgIpc) is 3.33. The Morgan fingerprint density at radius 1 is 1.02 bits per heavy atom. The fraction of sp³-hybridized carbons (Fsp3) is 0.312. The zero-order valence-electron chi connectivity index (χ0n) is 23.6. The molecule has 0 spiro atoms. The van der Waals surface area contributed by atoms with Gasteiger partial charge in [0.15, 0.2) is 0 Å². The lowest BCUT2D eigenvalue weighted by Gasteiger charge is -2.36. The minimum Gasteiger partial charge on any atom is -0.489 e. The SMILES string of the molecule is NC(=O)[C@H](CCC(=O)O)N1Cc2c(OCc3ccc(CN4CCN(c5ccc(C=O)cc5F)CC4)cc3)cccc2C1=O. The molecule has 2 aliphatic rings. The maximum atomic E-state index is 14.4. The number of nitrogens with two attached hydrogens (primary N) is 1. The standard InChI is InChI=1S/C32H33FN4O6/c33-26-16-23(19-38)8-9-27(26)36-14-12-35(13-15-36)17-21-4-6-22(7-5-21)20-43-29-3-1-2-24-25(29)18-37(32(24)42)28(31(34)41)10-11-30(39)40/h1-9,16,19,28H,10-15,17-18,20H2,(H2,34,41)(H,39,40)/t28-/m0/s1. The molecule has 11 heteroatoms. The predicted molar refractivity (Wildman–Crippen MR) is 156 cm³/mol. The molecule has 0 radical (unpaired) electrons. The van der Waals surface area contributed by atoms with Crippen molar-refractivity contribution in [2.45, 2.75) is 38.6 Å². The van der Waals surface area contributed by atoms with E-state index in [1.807, 2.05) is 29.2 Å². The molecule has 1 saturated heterocycles. The van der Waals surface area contributed by atoms with Gasteiger partial charge in [0.25, 0.3) is 5.91 Å². The number of carboxylic acid groups (broad SMARTS) is 1. The van der Waals surface area contributed by atoms with E-state index in [1.54, 1.807) is 30.3 Å². The summed E-state index contributed by atoms with van der Waals surface area (Å²) in [5.74, 6) is -2.05. The number of aliphatic carboxylic acids is 1. The summed E-state index contributed by atoms with van der Waals surface area (Å²) in [7, 11) is 0. The van der Waals surface area contributed by atoms with Crippen LogP contribution in [0.2, 0.25) is 0 Å².